The average Bonchev–Trinajstić information content (AvgIpc) is 2.25. The third-order valence-electron chi connectivity index (χ3n) is 1.75. The molecule has 0 bridgehead atoms. The molecular formula is C11H24N2O3. The van der Waals surface area contributed by atoms with Crippen LogP contribution in [0.5, 0.6) is 0 Å². The summed E-state index contributed by atoms with van der Waals surface area (Å²) >= 11 is 0. The number of nitrogens with zero attached hydrogens (tertiary/aromatic N) is 1. The molecule has 0 aromatic rings. The molecule has 0 aliphatic heterocycles. The van der Waals surface area contributed by atoms with Crippen molar-refractivity contribution in [1.29, 1.82) is 0 Å². The zero-order valence-corrected chi connectivity index (χ0v) is 10.6. The normalized spacial score (nSPS) is 11.2. The Hall–Kier alpha value is -0.780. The van der Waals surface area contributed by atoms with Gasteiger partial charge in [-0.05, 0) is 21.1 Å². The third-order valence-corrected chi connectivity index (χ3v) is 1.75. The summed E-state index contributed by atoms with van der Waals surface area (Å²) in [6.07, 6.45) is 3.12. The Kier molecular flexibility index (Phi) is 11.7. The molecule has 0 aromatic carbocycles. The van der Waals surface area contributed by atoms with Crippen LogP contribution in [-0.4, -0.2) is 65.6 Å². The number of rotatable bonds is 11. The SMILES string of the molecule is CNCCOCCOC=COCCN(C)C. The topological polar surface area (TPSA) is 43.0 Å². The highest BCUT2D eigenvalue weighted by Crippen LogP contribution is 1.83. The summed E-state index contributed by atoms with van der Waals surface area (Å²) in [6, 6.07) is 0. The molecule has 1 N–H and O–H groups in total. The van der Waals surface area contributed by atoms with E-state index >= 15 is 0 Å². The first kappa shape index (κ1) is 15.2. The van der Waals surface area contributed by atoms with Crippen molar-refractivity contribution in [3.8, 4) is 0 Å². The molecule has 5 heteroatoms. The number of hydrogen-bond donors (Lipinski definition) is 1. The molecule has 5 nitrogen and oxygen atoms in total. The summed E-state index contributed by atoms with van der Waals surface area (Å²) in [5, 5.41) is 3.00. The Morgan fingerprint density at radius 3 is 2.31 bits per heavy atom. The molecule has 0 atom stereocenters. The molecule has 0 aromatic heterocycles. The van der Waals surface area contributed by atoms with E-state index in [1.54, 1.807) is 12.5 Å². The lowest BCUT2D eigenvalue weighted by Gasteiger charge is -2.08. The zero-order valence-electron chi connectivity index (χ0n) is 10.6. The predicted molar refractivity (Wildman–Crippen MR) is 64.3 cm³/mol. The Morgan fingerprint density at radius 1 is 1.00 bits per heavy atom. The quantitative estimate of drug-likeness (QED) is 0.410. The van der Waals surface area contributed by atoms with Gasteiger partial charge in [0.15, 0.2) is 0 Å². The highest BCUT2D eigenvalue weighted by Gasteiger charge is 1.88. The lowest BCUT2D eigenvalue weighted by atomic mass is 10.6. The Bertz CT molecular complexity index is 163. The van der Waals surface area contributed by atoms with Gasteiger partial charge in [-0.1, -0.05) is 0 Å². The van der Waals surface area contributed by atoms with E-state index in [1.165, 1.54) is 0 Å². The maximum atomic E-state index is 5.26. The summed E-state index contributed by atoms with van der Waals surface area (Å²) in [5.41, 5.74) is 0. The number of likely N-dealkylation sites (N-methyl/N-ethyl adjacent to an activating group) is 2. The number of nitrogens with one attached hydrogen (secondary N) is 1. The maximum absolute atomic E-state index is 5.26. The van der Waals surface area contributed by atoms with E-state index in [9.17, 15) is 0 Å². The van der Waals surface area contributed by atoms with Gasteiger partial charge < -0.3 is 24.4 Å². The van der Waals surface area contributed by atoms with Crippen LogP contribution in [0.25, 0.3) is 0 Å². The van der Waals surface area contributed by atoms with Crippen molar-refractivity contribution in [2.24, 2.45) is 0 Å². The van der Waals surface area contributed by atoms with E-state index in [1.807, 2.05) is 21.1 Å². The van der Waals surface area contributed by atoms with E-state index < -0.39 is 0 Å². The molecule has 0 rings (SSSR count). The lowest BCUT2D eigenvalue weighted by Crippen LogP contribution is -2.16. The molecule has 0 unspecified atom stereocenters. The molecule has 0 saturated heterocycles. The second-order valence-corrected chi connectivity index (χ2v) is 3.53. The zero-order chi connectivity index (χ0) is 12.1. The molecule has 0 saturated carbocycles. The van der Waals surface area contributed by atoms with Gasteiger partial charge in [0.1, 0.15) is 25.7 Å². The molecule has 0 heterocycles. The van der Waals surface area contributed by atoms with Crippen LogP contribution in [0, 0.1) is 0 Å². The van der Waals surface area contributed by atoms with Gasteiger partial charge in [-0.3, -0.25) is 0 Å². The van der Waals surface area contributed by atoms with Crippen molar-refractivity contribution >= 4 is 0 Å². The summed E-state index contributed by atoms with van der Waals surface area (Å²) in [4.78, 5) is 2.06. The molecule has 0 radical (unpaired) electrons. The van der Waals surface area contributed by atoms with Crippen LogP contribution in [0.3, 0.4) is 0 Å². The smallest absolute Gasteiger partial charge is 0.117 e. The lowest BCUT2D eigenvalue weighted by molar-refractivity contribution is 0.0839. The van der Waals surface area contributed by atoms with Gasteiger partial charge in [0.2, 0.25) is 0 Å². The van der Waals surface area contributed by atoms with Crippen LogP contribution < -0.4 is 5.32 Å². The molecular weight excluding hydrogens is 208 g/mol. The molecule has 16 heavy (non-hydrogen) atoms. The van der Waals surface area contributed by atoms with Gasteiger partial charge in [-0.15, -0.1) is 0 Å². The molecule has 0 fully saturated rings. The van der Waals surface area contributed by atoms with Gasteiger partial charge in [0.25, 0.3) is 0 Å². The van der Waals surface area contributed by atoms with Crippen LogP contribution in [0.4, 0.5) is 0 Å². The van der Waals surface area contributed by atoms with Gasteiger partial charge >= 0.3 is 0 Å². The first-order chi connectivity index (χ1) is 7.77. The molecule has 0 spiro atoms. The van der Waals surface area contributed by atoms with Crippen LogP contribution >= 0.6 is 0 Å². The maximum Gasteiger partial charge on any atom is 0.117 e. The Morgan fingerprint density at radius 2 is 1.69 bits per heavy atom. The molecule has 96 valence electrons. The fourth-order valence-electron chi connectivity index (χ4n) is 0.833. The first-order valence-corrected chi connectivity index (χ1v) is 5.52. The van der Waals surface area contributed by atoms with E-state index in [2.05, 4.69) is 10.2 Å². The Balaban J connectivity index is 3.04. The van der Waals surface area contributed by atoms with Crippen molar-refractivity contribution in [1.82, 2.24) is 10.2 Å². The van der Waals surface area contributed by atoms with Crippen LogP contribution in [0.15, 0.2) is 12.5 Å². The second-order valence-electron chi connectivity index (χ2n) is 3.53. The van der Waals surface area contributed by atoms with E-state index in [4.69, 9.17) is 14.2 Å². The number of hydrogen-bond acceptors (Lipinski definition) is 5. The van der Waals surface area contributed by atoms with Crippen LogP contribution in [0.1, 0.15) is 0 Å². The molecule has 0 amide bonds. The fraction of sp³-hybridized carbons (Fsp3) is 0.818. The fourth-order valence-corrected chi connectivity index (χ4v) is 0.833. The van der Waals surface area contributed by atoms with Gasteiger partial charge in [-0.25, -0.2) is 0 Å². The average molecular weight is 232 g/mol. The minimum atomic E-state index is 0.553. The van der Waals surface area contributed by atoms with Gasteiger partial charge in [-0.2, -0.15) is 0 Å². The Labute approximate surface area is 98.3 Å². The monoisotopic (exact) mass is 232 g/mol. The van der Waals surface area contributed by atoms with Crippen molar-refractivity contribution in [3.63, 3.8) is 0 Å². The number of ether oxygens (including phenoxy) is 3. The summed E-state index contributed by atoms with van der Waals surface area (Å²) < 4.78 is 15.6. The summed E-state index contributed by atoms with van der Waals surface area (Å²) in [7, 11) is 5.91. The minimum Gasteiger partial charge on any atom is -0.497 e. The van der Waals surface area contributed by atoms with Crippen molar-refractivity contribution in [3.05, 3.63) is 12.5 Å². The van der Waals surface area contributed by atoms with E-state index in [0.717, 1.165) is 13.1 Å². The first-order valence-electron chi connectivity index (χ1n) is 5.52. The van der Waals surface area contributed by atoms with Gasteiger partial charge in [0.05, 0.1) is 13.2 Å². The van der Waals surface area contributed by atoms with Crippen LogP contribution in [-0.2, 0) is 14.2 Å². The standard InChI is InChI=1S/C11H24N2O3/c1-12-4-6-14-8-10-16-11-9-15-7-5-13(2)3/h9,11-12H,4-8,10H2,1-3H3. The minimum absolute atomic E-state index is 0.553. The van der Waals surface area contributed by atoms with Crippen molar-refractivity contribution in [2.45, 2.75) is 0 Å². The van der Waals surface area contributed by atoms with Crippen LogP contribution in [0.2, 0.25) is 0 Å². The molecule has 0 aliphatic carbocycles. The predicted octanol–water partition coefficient (Wildman–Crippen LogP) is 0.288. The summed E-state index contributed by atoms with van der Waals surface area (Å²) in [5.74, 6) is 0. The van der Waals surface area contributed by atoms with Crippen molar-refractivity contribution in [2.75, 3.05) is 60.7 Å². The highest BCUT2D eigenvalue weighted by atomic mass is 16.5. The summed E-state index contributed by atoms with van der Waals surface area (Å²) in [6.45, 7) is 4.30. The largest absolute Gasteiger partial charge is 0.497 e. The van der Waals surface area contributed by atoms with Gasteiger partial charge in [0, 0.05) is 13.1 Å². The van der Waals surface area contributed by atoms with Crippen molar-refractivity contribution < 1.29 is 14.2 Å². The third kappa shape index (κ3) is 13.2. The second kappa shape index (κ2) is 12.3. The van der Waals surface area contributed by atoms with E-state index in [0.29, 0.717) is 26.4 Å². The molecule has 0 aliphatic rings. The van der Waals surface area contributed by atoms with E-state index in [-0.39, 0.29) is 0 Å². The highest BCUT2D eigenvalue weighted by molar-refractivity contribution is 4.61.